The minimum Gasteiger partial charge on any atom is -0.461 e. The Kier molecular flexibility index (Phi) is 4.86. The monoisotopic (exact) mass is 323 g/mol. The quantitative estimate of drug-likeness (QED) is 0.622. The van der Waals surface area contributed by atoms with E-state index in [9.17, 15) is 4.79 Å². The Labute approximate surface area is 139 Å². The van der Waals surface area contributed by atoms with Gasteiger partial charge in [0.25, 0.3) is 0 Å². The fourth-order valence-corrected chi connectivity index (χ4v) is 2.30. The van der Waals surface area contributed by atoms with E-state index in [-0.39, 0.29) is 12.3 Å². The fourth-order valence-electron chi connectivity index (χ4n) is 2.30. The Bertz CT molecular complexity index is 794. The summed E-state index contributed by atoms with van der Waals surface area (Å²) in [5, 5.41) is 3.86. The number of para-hydroxylation sites is 1. The topological polar surface area (TPSA) is 72.4 Å². The van der Waals surface area contributed by atoms with Crippen LogP contribution < -0.4 is 4.90 Å². The second-order valence-electron chi connectivity index (χ2n) is 5.12. The van der Waals surface area contributed by atoms with Gasteiger partial charge in [-0.3, -0.25) is 4.79 Å². The summed E-state index contributed by atoms with van der Waals surface area (Å²) in [6, 6.07) is 13.0. The maximum atomic E-state index is 12.5. The number of carbonyl (C=O) groups excluding carboxylic acids is 1. The predicted octanol–water partition coefficient (Wildman–Crippen LogP) is 3.48. The number of hydrogen-bond donors (Lipinski definition) is 0. The maximum absolute atomic E-state index is 12.5. The molecule has 6 heteroatoms. The summed E-state index contributed by atoms with van der Waals surface area (Å²) in [6.45, 7) is 4.16. The van der Waals surface area contributed by atoms with Crippen molar-refractivity contribution in [2.24, 2.45) is 0 Å². The van der Waals surface area contributed by atoms with Crippen LogP contribution in [0.5, 0.6) is 0 Å². The van der Waals surface area contributed by atoms with Gasteiger partial charge in [0.2, 0.25) is 17.6 Å². The zero-order chi connectivity index (χ0) is 16.8. The molecule has 0 N–H and O–H groups in total. The van der Waals surface area contributed by atoms with Gasteiger partial charge in [0.1, 0.15) is 0 Å². The van der Waals surface area contributed by atoms with Crippen molar-refractivity contribution in [1.29, 1.82) is 0 Å². The van der Waals surface area contributed by atoms with Gasteiger partial charge in [-0.2, -0.15) is 4.98 Å². The average molecular weight is 323 g/mol. The molecule has 1 amide bonds. The lowest BCUT2D eigenvalue weighted by atomic mass is 10.2. The summed E-state index contributed by atoms with van der Waals surface area (Å²) < 4.78 is 10.4. The van der Waals surface area contributed by atoms with E-state index in [4.69, 9.17) is 8.94 Å². The molecule has 0 aliphatic rings. The number of nitrogens with zero attached hydrogens (tertiary/aromatic N) is 3. The van der Waals surface area contributed by atoms with Crippen molar-refractivity contribution in [3.05, 3.63) is 67.3 Å². The van der Waals surface area contributed by atoms with Gasteiger partial charge in [0, 0.05) is 25.1 Å². The summed E-state index contributed by atoms with van der Waals surface area (Å²) in [5.41, 5.74) is 0.837. The number of rotatable bonds is 7. The molecule has 0 bridgehead atoms. The van der Waals surface area contributed by atoms with Gasteiger partial charge in [-0.05, 0) is 24.3 Å². The Morgan fingerprint density at radius 2 is 2.04 bits per heavy atom. The molecule has 122 valence electrons. The summed E-state index contributed by atoms with van der Waals surface area (Å²) >= 11 is 0. The van der Waals surface area contributed by atoms with Crippen LogP contribution in [0.4, 0.5) is 5.69 Å². The number of aromatic nitrogens is 2. The Hall–Kier alpha value is -3.15. The Morgan fingerprint density at radius 3 is 2.75 bits per heavy atom. The van der Waals surface area contributed by atoms with E-state index in [1.165, 1.54) is 0 Å². The number of hydrogen-bond acceptors (Lipinski definition) is 5. The standard InChI is InChI=1S/C18H17N3O3/c1-2-12-21(14-7-4-3-5-8-14)17(22)11-10-16-19-18(20-24-16)15-9-6-13-23-15/h2-9,13H,1,10-12H2. The first-order valence-electron chi connectivity index (χ1n) is 7.60. The number of benzene rings is 1. The first-order chi connectivity index (χ1) is 11.8. The van der Waals surface area contributed by atoms with Crippen LogP contribution in [0.25, 0.3) is 11.6 Å². The van der Waals surface area contributed by atoms with Crippen molar-refractivity contribution in [2.75, 3.05) is 11.4 Å². The van der Waals surface area contributed by atoms with Crippen LogP contribution in [-0.2, 0) is 11.2 Å². The van der Waals surface area contributed by atoms with Crippen molar-refractivity contribution in [3.8, 4) is 11.6 Å². The lowest BCUT2D eigenvalue weighted by Gasteiger charge is -2.20. The number of anilines is 1. The SMILES string of the molecule is C=CCN(C(=O)CCc1nc(-c2ccco2)no1)c1ccccc1. The summed E-state index contributed by atoms with van der Waals surface area (Å²) in [7, 11) is 0. The Balaban J connectivity index is 1.64. The fraction of sp³-hybridized carbons (Fsp3) is 0.167. The highest BCUT2D eigenvalue weighted by Crippen LogP contribution is 2.18. The van der Waals surface area contributed by atoms with E-state index < -0.39 is 0 Å². The zero-order valence-corrected chi connectivity index (χ0v) is 13.1. The molecular formula is C18H17N3O3. The number of carbonyl (C=O) groups is 1. The molecule has 0 atom stereocenters. The van der Waals surface area contributed by atoms with Crippen LogP contribution in [0.3, 0.4) is 0 Å². The van der Waals surface area contributed by atoms with Crippen LogP contribution in [0.2, 0.25) is 0 Å². The smallest absolute Gasteiger partial charge is 0.238 e. The van der Waals surface area contributed by atoms with Crippen molar-refractivity contribution in [1.82, 2.24) is 10.1 Å². The molecule has 0 fully saturated rings. The highest BCUT2D eigenvalue weighted by atomic mass is 16.5. The van der Waals surface area contributed by atoms with Crippen molar-refractivity contribution in [3.63, 3.8) is 0 Å². The first kappa shape index (κ1) is 15.7. The molecule has 1 aromatic carbocycles. The minimum atomic E-state index is -0.0288. The third kappa shape index (κ3) is 3.60. The molecule has 0 saturated heterocycles. The lowest BCUT2D eigenvalue weighted by Crippen LogP contribution is -2.31. The highest BCUT2D eigenvalue weighted by molar-refractivity contribution is 5.93. The molecule has 0 unspecified atom stereocenters. The average Bonchev–Trinajstić information content (AvgIpc) is 3.29. The molecule has 0 radical (unpaired) electrons. The minimum absolute atomic E-state index is 0.0288. The van der Waals surface area contributed by atoms with Crippen LogP contribution in [0.15, 0.2) is 70.3 Å². The van der Waals surface area contributed by atoms with Gasteiger partial charge in [-0.1, -0.05) is 29.4 Å². The number of furan rings is 1. The summed E-state index contributed by atoms with van der Waals surface area (Å²) in [5.74, 6) is 1.29. The van der Waals surface area contributed by atoms with Crippen LogP contribution in [0.1, 0.15) is 12.3 Å². The van der Waals surface area contributed by atoms with Crippen molar-refractivity contribution in [2.45, 2.75) is 12.8 Å². The Morgan fingerprint density at radius 1 is 1.21 bits per heavy atom. The second-order valence-corrected chi connectivity index (χ2v) is 5.12. The second kappa shape index (κ2) is 7.41. The van der Waals surface area contributed by atoms with E-state index in [1.54, 1.807) is 29.4 Å². The van der Waals surface area contributed by atoms with E-state index in [0.29, 0.717) is 30.4 Å². The summed E-state index contributed by atoms with van der Waals surface area (Å²) in [4.78, 5) is 18.4. The number of amides is 1. The number of aryl methyl sites for hydroxylation is 1. The van der Waals surface area contributed by atoms with E-state index in [0.717, 1.165) is 5.69 Å². The molecule has 0 spiro atoms. The molecule has 3 rings (SSSR count). The first-order valence-corrected chi connectivity index (χ1v) is 7.60. The van der Waals surface area contributed by atoms with Crippen molar-refractivity contribution < 1.29 is 13.7 Å². The molecule has 0 aliphatic carbocycles. The largest absolute Gasteiger partial charge is 0.461 e. The van der Waals surface area contributed by atoms with Crippen LogP contribution >= 0.6 is 0 Å². The molecule has 24 heavy (non-hydrogen) atoms. The van der Waals surface area contributed by atoms with Gasteiger partial charge in [0.15, 0.2) is 5.76 Å². The van der Waals surface area contributed by atoms with E-state index in [1.807, 2.05) is 30.3 Å². The van der Waals surface area contributed by atoms with E-state index >= 15 is 0 Å². The summed E-state index contributed by atoms with van der Waals surface area (Å²) in [6.07, 6.45) is 3.88. The van der Waals surface area contributed by atoms with Crippen LogP contribution in [0, 0.1) is 0 Å². The molecule has 2 aromatic heterocycles. The normalized spacial score (nSPS) is 10.5. The van der Waals surface area contributed by atoms with E-state index in [2.05, 4.69) is 16.7 Å². The molecular weight excluding hydrogens is 306 g/mol. The molecule has 3 aromatic rings. The van der Waals surface area contributed by atoms with Crippen LogP contribution in [-0.4, -0.2) is 22.6 Å². The van der Waals surface area contributed by atoms with Gasteiger partial charge in [-0.15, -0.1) is 6.58 Å². The van der Waals surface area contributed by atoms with Gasteiger partial charge in [0.05, 0.1) is 6.26 Å². The van der Waals surface area contributed by atoms with Gasteiger partial charge >= 0.3 is 0 Å². The molecule has 0 saturated carbocycles. The third-order valence-corrected chi connectivity index (χ3v) is 3.44. The maximum Gasteiger partial charge on any atom is 0.238 e. The molecule has 6 nitrogen and oxygen atoms in total. The van der Waals surface area contributed by atoms with Gasteiger partial charge < -0.3 is 13.8 Å². The van der Waals surface area contributed by atoms with Crippen molar-refractivity contribution >= 4 is 11.6 Å². The lowest BCUT2D eigenvalue weighted by molar-refractivity contribution is -0.118. The highest BCUT2D eigenvalue weighted by Gasteiger charge is 2.17. The van der Waals surface area contributed by atoms with Gasteiger partial charge in [-0.25, -0.2) is 0 Å². The third-order valence-electron chi connectivity index (χ3n) is 3.44. The molecule has 2 heterocycles. The zero-order valence-electron chi connectivity index (χ0n) is 13.1. The molecule has 0 aliphatic heterocycles. The predicted molar refractivity (Wildman–Crippen MR) is 89.3 cm³/mol.